The molecule has 0 aromatic heterocycles. The molecule has 2 heteroatoms. The third-order valence-corrected chi connectivity index (χ3v) is 6.94. The second-order valence-electron chi connectivity index (χ2n) is 9.89. The standard InChI is InChI=1S/C28H60N.HI/c1-5-9-13-17-21-25-29(26-22-18-14-10-6-2,27-23-19-15-11-7-3)28-24-20-16-12-8-4;/h5-28H2,1-4H3;1H/q+1;. The maximum Gasteiger partial charge on any atom is 0.0786 e. The van der Waals surface area contributed by atoms with Crippen LogP contribution < -0.4 is 0 Å². The minimum Gasteiger partial charge on any atom is -0.324 e. The monoisotopic (exact) mass is 538 g/mol. The summed E-state index contributed by atoms with van der Waals surface area (Å²) in [6.45, 7) is 15.2. The van der Waals surface area contributed by atoms with Crippen LogP contribution in [0.5, 0.6) is 0 Å². The van der Waals surface area contributed by atoms with E-state index in [1.165, 1.54) is 159 Å². The molecule has 0 aliphatic carbocycles. The lowest BCUT2D eigenvalue weighted by molar-refractivity contribution is -0.929. The average Bonchev–Trinajstić information content (AvgIpc) is 2.73. The Morgan fingerprint density at radius 2 is 0.500 bits per heavy atom. The lowest BCUT2D eigenvalue weighted by Crippen LogP contribution is -2.50. The molecule has 0 aliphatic rings. The molecule has 0 spiro atoms. The van der Waals surface area contributed by atoms with Gasteiger partial charge in [0.25, 0.3) is 0 Å². The highest BCUT2D eigenvalue weighted by atomic mass is 127. The minimum atomic E-state index is 0. The van der Waals surface area contributed by atoms with Crippen molar-refractivity contribution in [3.63, 3.8) is 0 Å². The summed E-state index contributed by atoms with van der Waals surface area (Å²) in [6, 6.07) is 0. The van der Waals surface area contributed by atoms with Crippen LogP contribution in [0, 0.1) is 0 Å². The zero-order chi connectivity index (χ0) is 21.5. The van der Waals surface area contributed by atoms with Gasteiger partial charge < -0.3 is 4.48 Å². The summed E-state index contributed by atoms with van der Waals surface area (Å²) in [6.07, 6.45) is 28.8. The molecule has 0 bridgehead atoms. The van der Waals surface area contributed by atoms with Gasteiger partial charge in [0.2, 0.25) is 0 Å². The van der Waals surface area contributed by atoms with E-state index in [1.807, 2.05) is 0 Å². The van der Waals surface area contributed by atoms with E-state index in [1.54, 1.807) is 0 Å². The van der Waals surface area contributed by atoms with Crippen molar-refractivity contribution >= 4 is 24.0 Å². The third kappa shape index (κ3) is 20.6. The Labute approximate surface area is 210 Å². The van der Waals surface area contributed by atoms with Gasteiger partial charge in [-0.15, -0.1) is 24.0 Å². The molecule has 1 nitrogen and oxygen atoms in total. The average molecular weight is 539 g/mol. The summed E-state index contributed by atoms with van der Waals surface area (Å²) >= 11 is 0. The van der Waals surface area contributed by atoms with Crippen LogP contribution in [0.15, 0.2) is 0 Å². The fourth-order valence-corrected chi connectivity index (χ4v) is 4.87. The number of nitrogens with zero attached hydrogens (tertiary/aromatic N) is 1. The van der Waals surface area contributed by atoms with E-state index in [-0.39, 0.29) is 24.0 Å². The molecule has 0 N–H and O–H groups in total. The van der Waals surface area contributed by atoms with Gasteiger partial charge in [0.1, 0.15) is 0 Å². The van der Waals surface area contributed by atoms with Crippen LogP contribution in [0.4, 0.5) is 0 Å². The van der Waals surface area contributed by atoms with Crippen molar-refractivity contribution < 1.29 is 4.48 Å². The molecule has 0 aromatic rings. The smallest absolute Gasteiger partial charge is 0.0786 e. The third-order valence-electron chi connectivity index (χ3n) is 6.94. The van der Waals surface area contributed by atoms with Gasteiger partial charge in [-0.1, -0.05) is 105 Å². The molecular weight excluding hydrogens is 477 g/mol. The summed E-state index contributed by atoms with van der Waals surface area (Å²) in [5.41, 5.74) is 0. The summed E-state index contributed by atoms with van der Waals surface area (Å²) < 4.78 is 1.47. The Bertz CT molecular complexity index is 244. The van der Waals surface area contributed by atoms with E-state index in [9.17, 15) is 0 Å². The molecule has 0 saturated heterocycles. The van der Waals surface area contributed by atoms with E-state index < -0.39 is 0 Å². The highest BCUT2D eigenvalue weighted by Gasteiger charge is 2.25. The lowest BCUT2D eigenvalue weighted by atomic mass is 10.1. The molecule has 0 unspecified atom stereocenters. The Hall–Kier alpha value is 0.690. The van der Waals surface area contributed by atoms with Crippen molar-refractivity contribution in [1.29, 1.82) is 0 Å². The first-order valence-electron chi connectivity index (χ1n) is 14.1. The summed E-state index contributed by atoms with van der Waals surface area (Å²) in [4.78, 5) is 0. The van der Waals surface area contributed by atoms with Gasteiger partial charge in [0.15, 0.2) is 0 Å². The highest BCUT2D eigenvalue weighted by Crippen LogP contribution is 2.20. The normalized spacial score (nSPS) is 11.6. The summed E-state index contributed by atoms with van der Waals surface area (Å²) in [5.74, 6) is 0. The SMILES string of the molecule is CCCCCCC[N+](CCCCCCC)(CCCCCCC)CCCCCCC.I. The molecule has 0 rings (SSSR count). The lowest BCUT2D eigenvalue weighted by Gasteiger charge is -2.39. The zero-order valence-corrected chi connectivity index (χ0v) is 24.2. The maximum atomic E-state index is 2.34. The zero-order valence-electron chi connectivity index (χ0n) is 21.8. The highest BCUT2D eigenvalue weighted by molar-refractivity contribution is 14.0. The molecule has 0 heterocycles. The van der Waals surface area contributed by atoms with Crippen LogP contribution in [0.2, 0.25) is 0 Å². The summed E-state index contributed by atoms with van der Waals surface area (Å²) in [7, 11) is 0. The fourth-order valence-electron chi connectivity index (χ4n) is 4.87. The first-order chi connectivity index (χ1) is 14.2. The first kappa shape index (κ1) is 32.9. The van der Waals surface area contributed by atoms with Crippen LogP contribution in [0.1, 0.15) is 156 Å². The van der Waals surface area contributed by atoms with Crippen molar-refractivity contribution in [3.05, 3.63) is 0 Å². The van der Waals surface area contributed by atoms with Crippen LogP contribution in [-0.4, -0.2) is 30.7 Å². The molecule has 0 atom stereocenters. The predicted molar refractivity (Wildman–Crippen MR) is 150 cm³/mol. The van der Waals surface area contributed by atoms with Crippen molar-refractivity contribution in [2.24, 2.45) is 0 Å². The van der Waals surface area contributed by atoms with Crippen LogP contribution in [0.25, 0.3) is 0 Å². The topological polar surface area (TPSA) is 0 Å². The Kier molecular flexibility index (Phi) is 28.4. The Morgan fingerprint density at radius 3 is 0.700 bits per heavy atom. The number of unbranched alkanes of at least 4 members (excludes halogenated alkanes) is 16. The van der Waals surface area contributed by atoms with Gasteiger partial charge in [-0.2, -0.15) is 0 Å². The Balaban J connectivity index is 0. The summed E-state index contributed by atoms with van der Waals surface area (Å²) in [5, 5.41) is 0. The minimum absolute atomic E-state index is 0. The van der Waals surface area contributed by atoms with E-state index in [0.717, 1.165) is 0 Å². The Morgan fingerprint density at radius 1 is 0.300 bits per heavy atom. The quantitative estimate of drug-likeness (QED) is 0.0651. The number of hydrogen-bond acceptors (Lipinski definition) is 0. The molecule has 184 valence electrons. The van der Waals surface area contributed by atoms with E-state index in [0.29, 0.717) is 0 Å². The van der Waals surface area contributed by atoms with E-state index in [2.05, 4.69) is 27.7 Å². The van der Waals surface area contributed by atoms with Gasteiger partial charge in [-0.3, -0.25) is 0 Å². The molecule has 0 saturated carbocycles. The number of halogens is 1. The van der Waals surface area contributed by atoms with Crippen molar-refractivity contribution in [3.8, 4) is 0 Å². The van der Waals surface area contributed by atoms with Gasteiger partial charge >= 0.3 is 0 Å². The largest absolute Gasteiger partial charge is 0.324 e. The van der Waals surface area contributed by atoms with Gasteiger partial charge in [0, 0.05) is 0 Å². The molecule has 0 amide bonds. The second-order valence-corrected chi connectivity index (χ2v) is 9.89. The molecule has 0 aromatic carbocycles. The van der Waals surface area contributed by atoms with Crippen LogP contribution in [0.3, 0.4) is 0 Å². The molecule has 0 aliphatic heterocycles. The van der Waals surface area contributed by atoms with Gasteiger partial charge in [-0.25, -0.2) is 0 Å². The second kappa shape index (κ2) is 25.9. The predicted octanol–water partition coefficient (Wildman–Crippen LogP) is 10.3. The van der Waals surface area contributed by atoms with E-state index in [4.69, 9.17) is 0 Å². The van der Waals surface area contributed by atoms with E-state index >= 15 is 0 Å². The fraction of sp³-hybridized carbons (Fsp3) is 1.00. The van der Waals surface area contributed by atoms with Crippen molar-refractivity contribution in [2.75, 3.05) is 26.2 Å². The number of hydrogen-bond donors (Lipinski definition) is 0. The van der Waals surface area contributed by atoms with Crippen molar-refractivity contribution in [1.82, 2.24) is 0 Å². The van der Waals surface area contributed by atoms with Gasteiger partial charge in [0.05, 0.1) is 26.2 Å². The molecule has 30 heavy (non-hydrogen) atoms. The molecule has 0 radical (unpaired) electrons. The van der Waals surface area contributed by atoms with Crippen molar-refractivity contribution in [2.45, 2.75) is 156 Å². The first-order valence-corrected chi connectivity index (χ1v) is 14.1. The number of quaternary nitrogens is 1. The van der Waals surface area contributed by atoms with Gasteiger partial charge in [-0.05, 0) is 51.4 Å². The molecule has 0 fully saturated rings. The number of rotatable bonds is 24. The van der Waals surface area contributed by atoms with Crippen LogP contribution in [-0.2, 0) is 0 Å². The molecular formula is C28H61IN+. The van der Waals surface area contributed by atoms with Crippen LogP contribution >= 0.6 is 24.0 Å². The maximum absolute atomic E-state index is 2.34.